The molecule has 0 spiro atoms. The Labute approximate surface area is 100 Å². The second-order valence-corrected chi connectivity index (χ2v) is 6.16. The molecule has 16 heavy (non-hydrogen) atoms. The predicted molar refractivity (Wildman–Crippen MR) is 68.6 cm³/mol. The maximum Gasteiger partial charge on any atom is 0.0693 e. The monoisotopic (exact) mass is 228 g/mol. The second kappa shape index (κ2) is 5.99. The van der Waals surface area contributed by atoms with E-state index in [0.717, 1.165) is 32.6 Å². The molecule has 3 nitrogen and oxygen atoms in total. The van der Waals surface area contributed by atoms with Crippen LogP contribution >= 0.6 is 0 Å². The number of rotatable bonds is 4. The van der Waals surface area contributed by atoms with E-state index in [4.69, 9.17) is 0 Å². The van der Waals surface area contributed by atoms with E-state index >= 15 is 0 Å². The Morgan fingerprint density at radius 1 is 1.38 bits per heavy atom. The van der Waals surface area contributed by atoms with Crippen molar-refractivity contribution >= 4 is 0 Å². The molecule has 1 aliphatic rings. The van der Waals surface area contributed by atoms with Crippen LogP contribution in [-0.4, -0.2) is 47.8 Å². The highest BCUT2D eigenvalue weighted by atomic mass is 16.3. The van der Waals surface area contributed by atoms with Crippen molar-refractivity contribution in [3.63, 3.8) is 0 Å². The van der Waals surface area contributed by atoms with Crippen LogP contribution in [0.1, 0.15) is 40.5 Å². The maximum atomic E-state index is 9.78. The molecular formula is C13H28N2O. The highest BCUT2D eigenvalue weighted by Crippen LogP contribution is 2.16. The maximum absolute atomic E-state index is 9.78. The molecule has 1 heterocycles. The summed E-state index contributed by atoms with van der Waals surface area (Å²) < 4.78 is 0. The van der Waals surface area contributed by atoms with Crippen molar-refractivity contribution in [1.29, 1.82) is 0 Å². The summed E-state index contributed by atoms with van der Waals surface area (Å²) in [6, 6.07) is 0. The number of nitrogens with one attached hydrogen (secondary N) is 1. The second-order valence-electron chi connectivity index (χ2n) is 6.16. The van der Waals surface area contributed by atoms with E-state index in [1.165, 1.54) is 6.42 Å². The van der Waals surface area contributed by atoms with Crippen LogP contribution in [0, 0.1) is 5.92 Å². The van der Waals surface area contributed by atoms with E-state index in [2.05, 4.69) is 37.9 Å². The Bertz CT molecular complexity index is 201. The number of hydrogen-bond donors (Lipinski definition) is 2. The molecule has 1 rings (SSSR count). The molecule has 0 bridgehead atoms. The van der Waals surface area contributed by atoms with E-state index in [1.807, 2.05) is 0 Å². The first-order chi connectivity index (χ1) is 7.38. The Hall–Kier alpha value is -0.120. The minimum absolute atomic E-state index is 0.121. The Morgan fingerprint density at radius 3 is 2.62 bits per heavy atom. The quantitative estimate of drug-likeness (QED) is 0.715. The molecule has 0 aromatic rings. The first-order valence-electron chi connectivity index (χ1n) is 6.54. The molecule has 0 saturated carbocycles. The Balaban J connectivity index is 2.10. The van der Waals surface area contributed by atoms with Crippen LogP contribution in [0.25, 0.3) is 0 Å². The van der Waals surface area contributed by atoms with Gasteiger partial charge < -0.3 is 15.3 Å². The highest BCUT2D eigenvalue weighted by molar-refractivity contribution is 4.77. The largest absolute Gasteiger partial charge is 0.392 e. The number of hydrogen-bond acceptors (Lipinski definition) is 3. The van der Waals surface area contributed by atoms with E-state index in [1.54, 1.807) is 0 Å². The SMILES string of the molecule is CC1CCN(CCCNC(C)(C)C)CC1O. The van der Waals surface area contributed by atoms with Gasteiger partial charge in [0.15, 0.2) is 0 Å². The van der Waals surface area contributed by atoms with Gasteiger partial charge >= 0.3 is 0 Å². The van der Waals surface area contributed by atoms with Gasteiger partial charge in [0.05, 0.1) is 6.10 Å². The number of nitrogens with zero attached hydrogens (tertiary/aromatic N) is 1. The fourth-order valence-corrected chi connectivity index (χ4v) is 2.08. The van der Waals surface area contributed by atoms with Crippen molar-refractivity contribution in [3.05, 3.63) is 0 Å². The fraction of sp³-hybridized carbons (Fsp3) is 1.00. The summed E-state index contributed by atoms with van der Waals surface area (Å²) in [7, 11) is 0. The lowest BCUT2D eigenvalue weighted by Gasteiger charge is -2.34. The average molecular weight is 228 g/mol. The van der Waals surface area contributed by atoms with Gasteiger partial charge in [-0.2, -0.15) is 0 Å². The smallest absolute Gasteiger partial charge is 0.0693 e. The molecule has 0 aliphatic carbocycles. The summed E-state index contributed by atoms with van der Waals surface area (Å²) in [4.78, 5) is 2.38. The molecule has 2 atom stereocenters. The molecule has 2 unspecified atom stereocenters. The van der Waals surface area contributed by atoms with Crippen LogP contribution in [-0.2, 0) is 0 Å². The highest BCUT2D eigenvalue weighted by Gasteiger charge is 2.23. The molecule has 0 aromatic carbocycles. The number of likely N-dealkylation sites (tertiary alicyclic amines) is 1. The van der Waals surface area contributed by atoms with Crippen molar-refractivity contribution in [2.75, 3.05) is 26.2 Å². The minimum atomic E-state index is -0.121. The van der Waals surface area contributed by atoms with E-state index in [0.29, 0.717) is 5.92 Å². The molecular weight excluding hydrogens is 200 g/mol. The van der Waals surface area contributed by atoms with Gasteiger partial charge in [-0.25, -0.2) is 0 Å². The molecule has 0 radical (unpaired) electrons. The first kappa shape index (κ1) is 13.9. The summed E-state index contributed by atoms with van der Waals surface area (Å²) in [5.41, 5.74) is 0.218. The van der Waals surface area contributed by atoms with Gasteiger partial charge in [0.1, 0.15) is 0 Å². The summed E-state index contributed by atoms with van der Waals surface area (Å²) in [5.74, 6) is 0.476. The fourth-order valence-electron chi connectivity index (χ4n) is 2.08. The third-order valence-corrected chi connectivity index (χ3v) is 3.31. The van der Waals surface area contributed by atoms with Gasteiger partial charge in [-0.1, -0.05) is 6.92 Å². The molecule has 3 heteroatoms. The zero-order valence-corrected chi connectivity index (χ0v) is 11.3. The topological polar surface area (TPSA) is 35.5 Å². The van der Waals surface area contributed by atoms with Crippen molar-refractivity contribution < 1.29 is 5.11 Å². The van der Waals surface area contributed by atoms with Gasteiger partial charge in [-0.05, 0) is 59.2 Å². The standard InChI is InChI=1S/C13H28N2O/c1-11-6-9-15(10-12(11)16)8-5-7-14-13(2,3)4/h11-12,14,16H,5-10H2,1-4H3. The molecule has 96 valence electrons. The lowest BCUT2D eigenvalue weighted by Crippen LogP contribution is -2.44. The lowest BCUT2D eigenvalue weighted by molar-refractivity contribution is 0.0288. The van der Waals surface area contributed by atoms with Crippen LogP contribution in [0.5, 0.6) is 0 Å². The molecule has 0 amide bonds. The van der Waals surface area contributed by atoms with Crippen molar-refractivity contribution in [2.24, 2.45) is 5.92 Å². The summed E-state index contributed by atoms with van der Waals surface area (Å²) in [6.07, 6.45) is 2.18. The normalized spacial score (nSPS) is 28.3. The lowest BCUT2D eigenvalue weighted by atomic mass is 9.96. The van der Waals surface area contributed by atoms with Gasteiger partial charge in [0, 0.05) is 12.1 Å². The van der Waals surface area contributed by atoms with E-state index < -0.39 is 0 Å². The van der Waals surface area contributed by atoms with E-state index in [9.17, 15) is 5.11 Å². The van der Waals surface area contributed by atoms with E-state index in [-0.39, 0.29) is 11.6 Å². The molecule has 0 aromatic heterocycles. The van der Waals surface area contributed by atoms with Crippen LogP contribution in [0.15, 0.2) is 0 Å². The van der Waals surface area contributed by atoms with Crippen LogP contribution in [0.3, 0.4) is 0 Å². The molecule has 1 aliphatic heterocycles. The zero-order chi connectivity index (χ0) is 12.2. The molecule has 1 saturated heterocycles. The number of aliphatic hydroxyl groups excluding tert-OH is 1. The van der Waals surface area contributed by atoms with Crippen molar-refractivity contribution in [1.82, 2.24) is 10.2 Å². The van der Waals surface area contributed by atoms with Gasteiger partial charge in [0.25, 0.3) is 0 Å². The van der Waals surface area contributed by atoms with Crippen LogP contribution in [0.4, 0.5) is 0 Å². The zero-order valence-electron chi connectivity index (χ0n) is 11.3. The van der Waals surface area contributed by atoms with Crippen LogP contribution < -0.4 is 5.32 Å². The average Bonchev–Trinajstić information content (AvgIpc) is 2.17. The first-order valence-corrected chi connectivity index (χ1v) is 6.54. The molecule has 2 N–H and O–H groups in total. The minimum Gasteiger partial charge on any atom is -0.392 e. The third-order valence-electron chi connectivity index (χ3n) is 3.31. The van der Waals surface area contributed by atoms with Crippen LogP contribution in [0.2, 0.25) is 0 Å². The summed E-state index contributed by atoms with van der Waals surface area (Å²) >= 11 is 0. The van der Waals surface area contributed by atoms with Crippen molar-refractivity contribution in [3.8, 4) is 0 Å². The van der Waals surface area contributed by atoms with Gasteiger partial charge in [-0.15, -0.1) is 0 Å². The van der Waals surface area contributed by atoms with Gasteiger partial charge in [0.2, 0.25) is 0 Å². The molecule has 1 fully saturated rings. The number of piperidine rings is 1. The summed E-state index contributed by atoms with van der Waals surface area (Å²) in [6.45, 7) is 12.9. The predicted octanol–water partition coefficient (Wildman–Crippen LogP) is 1.47. The summed E-state index contributed by atoms with van der Waals surface area (Å²) in [5, 5.41) is 13.3. The Morgan fingerprint density at radius 2 is 2.06 bits per heavy atom. The van der Waals surface area contributed by atoms with Gasteiger partial charge in [-0.3, -0.25) is 0 Å². The van der Waals surface area contributed by atoms with Crippen molar-refractivity contribution in [2.45, 2.75) is 52.2 Å². The Kier molecular flexibility index (Phi) is 5.22. The number of aliphatic hydroxyl groups is 1. The third kappa shape index (κ3) is 5.28. The number of β-amino-alcohol motifs (C(OH)–C–C–N with tert-alkyl or cyclic N) is 1.